The molecule has 1 aromatic carbocycles. The van der Waals surface area contributed by atoms with E-state index in [1.807, 2.05) is 46.2 Å². The van der Waals surface area contributed by atoms with Crippen molar-refractivity contribution in [2.45, 2.75) is 57.5 Å². The smallest absolute Gasteiger partial charge is 0.395 e. The summed E-state index contributed by atoms with van der Waals surface area (Å²) in [4.78, 5) is 20.9. The number of rotatable bonds is 7. The molecule has 0 radical (unpaired) electrons. The molecular weight excluding hydrogens is 479 g/mol. The van der Waals surface area contributed by atoms with Crippen molar-refractivity contribution in [3.63, 3.8) is 0 Å². The maximum atomic E-state index is 13.7. The van der Waals surface area contributed by atoms with Crippen LogP contribution in [0.3, 0.4) is 0 Å². The summed E-state index contributed by atoms with van der Waals surface area (Å²) < 4.78 is 47.1. The third kappa shape index (κ3) is 5.95. The predicted molar refractivity (Wildman–Crippen MR) is 136 cm³/mol. The average molecular weight is 516 g/mol. The van der Waals surface area contributed by atoms with Crippen LogP contribution >= 0.6 is 0 Å². The Labute approximate surface area is 217 Å². The van der Waals surface area contributed by atoms with Crippen molar-refractivity contribution in [1.82, 2.24) is 14.8 Å². The van der Waals surface area contributed by atoms with E-state index >= 15 is 0 Å². The molecule has 2 saturated heterocycles. The van der Waals surface area contributed by atoms with E-state index < -0.39 is 11.6 Å². The summed E-state index contributed by atoms with van der Waals surface area (Å²) in [7, 11) is 0. The van der Waals surface area contributed by atoms with Gasteiger partial charge in [0.05, 0.1) is 12.0 Å². The topological polar surface area (TPSA) is 45.7 Å². The fraction of sp³-hybridized carbons (Fsp3) is 0.586. The highest BCUT2D eigenvalue weighted by Crippen LogP contribution is 2.51. The lowest BCUT2D eigenvalue weighted by molar-refractivity contribution is -0.228. The van der Waals surface area contributed by atoms with E-state index in [9.17, 15) is 18.0 Å². The van der Waals surface area contributed by atoms with Gasteiger partial charge in [0.15, 0.2) is 0 Å². The van der Waals surface area contributed by atoms with E-state index in [-0.39, 0.29) is 25.3 Å². The average Bonchev–Trinajstić information content (AvgIpc) is 3.62. The van der Waals surface area contributed by atoms with Crippen LogP contribution in [0.15, 0.2) is 42.6 Å². The van der Waals surface area contributed by atoms with Crippen LogP contribution in [0.4, 0.5) is 13.2 Å². The maximum absolute atomic E-state index is 13.7. The fourth-order valence-corrected chi connectivity index (χ4v) is 6.07. The van der Waals surface area contributed by atoms with Gasteiger partial charge < -0.3 is 14.5 Å². The number of benzene rings is 1. The number of aromatic nitrogens is 1. The lowest BCUT2D eigenvalue weighted by atomic mass is 9.83. The van der Waals surface area contributed by atoms with Crippen LogP contribution in [0, 0.1) is 11.3 Å². The zero-order valence-corrected chi connectivity index (χ0v) is 21.3. The minimum absolute atomic E-state index is 0.0927. The zero-order valence-electron chi connectivity index (χ0n) is 21.3. The largest absolute Gasteiger partial charge is 0.477 e. The van der Waals surface area contributed by atoms with E-state index in [0.717, 1.165) is 49.9 Å². The van der Waals surface area contributed by atoms with Crippen LogP contribution in [-0.4, -0.2) is 66.2 Å². The molecule has 0 atom stereocenters. The summed E-state index contributed by atoms with van der Waals surface area (Å²) in [5.41, 5.74) is 1.14. The second kappa shape index (κ2) is 11.0. The number of carbonyl (C=O) groups excluding carboxylic acids is 1. The van der Waals surface area contributed by atoms with Crippen molar-refractivity contribution in [3.05, 3.63) is 48.2 Å². The summed E-state index contributed by atoms with van der Waals surface area (Å²) >= 11 is 0. The molecule has 1 saturated carbocycles. The number of carbonyl (C=O) groups is 1. The van der Waals surface area contributed by atoms with Gasteiger partial charge in [-0.25, -0.2) is 4.98 Å². The summed E-state index contributed by atoms with van der Waals surface area (Å²) in [5, 5.41) is 0. The van der Waals surface area contributed by atoms with Gasteiger partial charge >= 0.3 is 6.18 Å². The molecule has 1 amide bonds. The molecule has 37 heavy (non-hydrogen) atoms. The van der Waals surface area contributed by atoms with Gasteiger partial charge in [-0.05, 0) is 81.3 Å². The lowest BCUT2D eigenvalue weighted by Gasteiger charge is -2.40. The van der Waals surface area contributed by atoms with Gasteiger partial charge in [-0.3, -0.25) is 4.79 Å². The molecule has 0 bridgehead atoms. The molecule has 5 nitrogen and oxygen atoms in total. The van der Waals surface area contributed by atoms with Crippen LogP contribution in [-0.2, 0) is 0 Å². The first kappa shape index (κ1) is 26.0. The van der Waals surface area contributed by atoms with Crippen molar-refractivity contribution in [2.24, 2.45) is 11.3 Å². The monoisotopic (exact) mass is 515 g/mol. The Hall–Kier alpha value is -2.61. The number of hydrogen-bond donors (Lipinski definition) is 0. The van der Waals surface area contributed by atoms with Crippen LogP contribution < -0.4 is 4.74 Å². The molecule has 2 aliphatic heterocycles. The standard InChI is InChI=1S/C29H36F3N3O2/c30-29(31,32)28(13-1-2-14-28)21-34-17-11-22(12-18-34)20-37-26-10-9-25(19-33-26)23-5-7-24(8-6-23)27(36)35-15-3-4-16-35/h5-10,19,22H,1-4,11-18,20-21H2. The summed E-state index contributed by atoms with van der Waals surface area (Å²) in [6.45, 7) is 3.72. The number of likely N-dealkylation sites (tertiary alicyclic amines) is 2. The first-order valence-corrected chi connectivity index (χ1v) is 13.6. The summed E-state index contributed by atoms with van der Waals surface area (Å²) in [6.07, 6.45) is 3.38. The zero-order chi connectivity index (χ0) is 25.9. The van der Waals surface area contributed by atoms with Gasteiger partial charge in [0, 0.05) is 43.0 Å². The highest BCUT2D eigenvalue weighted by Gasteiger charge is 2.56. The van der Waals surface area contributed by atoms with Crippen molar-refractivity contribution in [2.75, 3.05) is 39.3 Å². The highest BCUT2D eigenvalue weighted by molar-refractivity contribution is 5.94. The van der Waals surface area contributed by atoms with Gasteiger partial charge in [-0.2, -0.15) is 13.2 Å². The maximum Gasteiger partial charge on any atom is 0.395 e. The van der Waals surface area contributed by atoms with E-state index in [1.165, 1.54) is 0 Å². The highest BCUT2D eigenvalue weighted by atomic mass is 19.4. The number of nitrogens with zero attached hydrogens (tertiary/aromatic N) is 3. The Bertz CT molecular complexity index is 1040. The molecule has 1 aromatic heterocycles. The minimum atomic E-state index is -4.12. The number of pyridine rings is 1. The molecule has 0 N–H and O–H groups in total. The minimum Gasteiger partial charge on any atom is -0.477 e. The van der Waals surface area contributed by atoms with Crippen LogP contribution in [0.2, 0.25) is 0 Å². The SMILES string of the molecule is O=C(c1ccc(-c2ccc(OCC3CCN(CC4(C(F)(F)F)CCCC4)CC3)nc2)cc1)N1CCCC1. The molecule has 2 aromatic rings. The predicted octanol–water partition coefficient (Wildman–Crippen LogP) is 6.20. The fourth-order valence-electron chi connectivity index (χ4n) is 6.07. The number of piperidine rings is 1. The van der Waals surface area contributed by atoms with E-state index in [2.05, 4.69) is 4.98 Å². The third-order valence-corrected chi connectivity index (χ3v) is 8.46. The molecule has 5 rings (SSSR count). The molecule has 0 unspecified atom stereocenters. The molecular formula is C29H36F3N3O2. The van der Waals surface area contributed by atoms with Gasteiger partial charge in [-0.1, -0.05) is 25.0 Å². The molecule has 3 fully saturated rings. The Morgan fingerprint density at radius 2 is 1.57 bits per heavy atom. The second-order valence-corrected chi connectivity index (χ2v) is 11.0. The summed E-state index contributed by atoms with van der Waals surface area (Å²) in [5.74, 6) is 0.966. The second-order valence-electron chi connectivity index (χ2n) is 11.0. The Morgan fingerprint density at radius 3 is 2.16 bits per heavy atom. The Kier molecular flexibility index (Phi) is 7.75. The van der Waals surface area contributed by atoms with Gasteiger partial charge in [0.2, 0.25) is 5.88 Å². The molecule has 3 heterocycles. The van der Waals surface area contributed by atoms with Gasteiger partial charge in [-0.15, -0.1) is 0 Å². The molecule has 1 aliphatic carbocycles. The van der Waals surface area contributed by atoms with Crippen molar-refractivity contribution >= 4 is 5.91 Å². The quantitative estimate of drug-likeness (QED) is 0.441. The Morgan fingerprint density at radius 1 is 0.919 bits per heavy atom. The lowest BCUT2D eigenvalue weighted by Crippen LogP contribution is -2.48. The van der Waals surface area contributed by atoms with Gasteiger partial charge in [0.1, 0.15) is 0 Å². The Balaban J connectivity index is 1.08. The van der Waals surface area contributed by atoms with E-state index in [0.29, 0.717) is 49.9 Å². The molecule has 200 valence electrons. The van der Waals surface area contributed by atoms with E-state index in [1.54, 1.807) is 6.20 Å². The van der Waals surface area contributed by atoms with Crippen molar-refractivity contribution in [1.29, 1.82) is 0 Å². The third-order valence-electron chi connectivity index (χ3n) is 8.46. The van der Waals surface area contributed by atoms with Crippen LogP contribution in [0.5, 0.6) is 5.88 Å². The van der Waals surface area contributed by atoms with Crippen molar-refractivity contribution in [3.8, 4) is 17.0 Å². The number of ether oxygens (including phenoxy) is 1. The number of hydrogen-bond acceptors (Lipinski definition) is 4. The first-order valence-electron chi connectivity index (χ1n) is 13.6. The number of amides is 1. The normalized spacial score (nSPS) is 20.9. The summed E-state index contributed by atoms with van der Waals surface area (Å²) in [6, 6.07) is 11.4. The number of halogens is 3. The van der Waals surface area contributed by atoms with Crippen LogP contribution in [0.1, 0.15) is 61.7 Å². The van der Waals surface area contributed by atoms with Crippen LogP contribution in [0.25, 0.3) is 11.1 Å². The molecule has 3 aliphatic rings. The molecule has 0 spiro atoms. The van der Waals surface area contributed by atoms with Gasteiger partial charge in [0.25, 0.3) is 5.91 Å². The van der Waals surface area contributed by atoms with E-state index in [4.69, 9.17) is 4.74 Å². The number of alkyl halides is 3. The van der Waals surface area contributed by atoms with Crippen molar-refractivity contribution < 1.29 is 22.7 Å². The molecule has 8 heteroatoms. The first-order chi connectivity index (χ1) is 17.8.